The van der Waals surface area contributed by atoms with E-state index in [2.05, 4.69) is 12.1 Å². The van der Waals surface area contributed by atoms with Crippen LogP contribution in [0.3, 0.4) is 0 Å². The summed E-state index contributed by atoms with van der Waals surface area (Å²) < 4.78 is 5.35. The highest BCUT2D eigenvalue weighted by Crippen LogP contribution is 2.63. The normalized spacial score (nSPS) is 40.2. The molecule has 27 heavy (non-hydrogen) atoms. The van der Waals surface area contributed by atoms with Gasteiger partial charge in [-0.1, -0.05) is 18.1 Å². The fourth-order valence-electron chi connectivity index (χ4n) is 6.26. The molecule has 146 valence electrons. The van der Waals surface area contributed by atoms with Crippen LogP contribution >= 0.6 is 0 Å². The number of benzene rings is 1. The molecule has 0 heterocycles. The molecule has 6 nitrogen and oxygen atoms in total. The third-order valence-corrected chi connectivity index (χ3v) is 7.65. The second-order valence-corrected chi connectivity index (χ2v) is 8.80. The lowest BCUT2D eigenvalue weighted by Gasteiger charge is -2.53. The molecule has 0 amide bonds. The second-order valence-electron chi connectivity index (χ2n) is 8.80. The van der Waals surface area contributed by atoms with Crippen molar-refractivity contribution in [3.63, 3.8) is 0 Å². The molecule has 0 saturated heterocycles. The summed E-state index contributed by atoms with van der Waals surface area (Å²) in [5.41, 5.74) is 0.913. The van der Waals surface area contributed by atoms with Gasteiger partial charge < -0.3 is 25.0 Å². The fraction of sp³-hybridized carbons (Fsp3) is 0.619. The van der Waals surface area contributed by atoms with Crippen molar-refractivity contribution in [3.8, 4) is 5.75 Å². The number of carbonyl (C=O) groups is 1. The van der Waals surface area contributed by atoms with Crippen LogP contribution in [0, 0.1) is 17.3 Å². The Hall–Kier alpha value is -2.08. The molecule has 4 rings (SSSR count). The minimum atomic E-state index is -0.901. The summed E-state index contributed by atoms with van der Waals surface area (Å²) in [5.74, 6) is 1.09. The van der Waals surface area contributed by atoms with E-state index in [4.69, 9.17) is 9.94 Å². The first-order chi connectivity index (χ1) is 12.9. The number of phenols is 1. The van der Waals surface area contributed by atoms with Crippen LogP contribution in [0.5, 0.6) is 5.75 Å². The van der Waals surface area contributed by atoms with Crippen molar-refractivity contribution in [2.24, 2.45) is 22.4 Å². The van der Waals surface area contributed by atoms with Crippen molar-refractivity contribution in [2.45, 2.75) is 56.5 Å². The predicted octanol–water partition coefficient (Wildman–Crippen LogP) is 2.94. The molecule has 3 aliphatic carbocycles. The molecule has 0 aromatic heterocycles. The average Bonchev–Trinajstić information content (AvgIpc) is 2.97. The summed E-state index contributed by atoms with van der Waals surface area (Å²) in [5, 5.41) is 32.2. The molecule has 2 saturated carbocycles. The first kappa shape index (κ1) is 18.3. The smallest absolute Gasteiger partial charge is 0.212 e. The van der Waals surface area contributed by atoms with E-state index < -0.39 is 5.41 Å². The van der Waals surface area contributed by atoms with Crippen LogP contribution in [0.25, 0.3) is 0 Å². The summed E-state index contributed by atoms with van der Waals surface area (Å²) in [4.78, 5) is 12.3. The summed E-state index contributed by atoms with van der Waals surface area (Å²) in [6.45, 7) is 2.25. The maximum atomic E-state index is 12.3. The molecule has 6 heteroatoms. The number of fused-ring (bicyclic) bond motifs is 5. The molecule has 1 unspecified atom stereocenters. The van der Waals surface area contributed by atoms with Crippen LogP contribution in [-0.4, -0.2) is 40.8 Å². The summed E-state index contributed by atoms with van der Waals surface area (Å²) in [6.07, 6.45) is 5.92. The molecule has 3 N–H and O–H groups in total. The van der Waals surface area contributed by atoms with Crippen molar-refractivity contribution < 1.29 is 25.0 Å². The van der Waals surface area contributed by atoms with Crippen LogP contribution in [0.1, 0.15) is 56.1 Å². The van der Waals surface area contributed by atoms with Crippen LogP contribution in [0.4, 0.5) is 0 Å². The zero-order chi connectivity index (χ0) is 19.2. The highest BCUT2D eigenvalue weighted by Gasteiger charge is 2.58. The molecular weight excluding hydrogens is 346 g/mol. The number of aliphatic hydroxyl groups is 1. The van der Waals surface area contributed by atoms with Crippen molar-refractivity contribution in [1.82, 2.24) is 0 Å². The Bertz CT molecular complexity index is 765. The number of aldehydes is 1. The lowest BCUT2D eigenvalue weighted by Crippen LogP contribution is -2.50. The van der Waals surface area contributed by atoms with E-state index in [1.54, 1.807) is 12.1 Å². The number of ether oxygens (including phenoxy) is 1. The number of carbonyl (C=O) groups excluding carboxylic acids is 1. The van der Waals surface area contributed by atoms with Crippen LogP contribution < -0.4 is 0 Å². The van der Waals surface area contributed by atoms with Gasteiger partial charge in [0.25, 0.3) is 0 Å². The molecule has 3 aliphatic rings. The molecule has 0 bridgehead atoms. The van der Waals surface area contributed by atoms with E-state index in [1.165, 1.54) is 0 Å². The van der Waals surface area contributed by atoms with E-state index in [-0.39, 0.29) is 29.8 Å². The first-order valence-electron chi connectivity index (χ1n) is 9.70. The van der Waals surface area contributed by atoms with E-state index in [0.29, 0.717) is 18.3 Å². The summed E-state index contributed by atoms with van der Waals surface area (Å²) >= 11 is 0. The van der Waals surface area contributed by atoms with E-state index in [9.17, 15) is 15.0 Å². The second kappa shape index (κ2) is 6.51. The van der Waals surface area contributed by atoms with E-state index in [1.807, 2.05) is 6.07 Å². The number of nitrogens with zero attached hydrogens (tertiary/aromatic N) is 1. The largest absolute Gasteiger partial charge is 0.508 e. The van der Waals surface area contributed by atoms with Gasteiger partial charge in [0.05, 0.1) is 11.5 Å². The highest BCUT2D eigenvalue weighted by molar-refractivity contribution is 5.72. The Morgan fingerprint density at radius 1 is 1.33 bits per heavy atom. The Kier molecular flexibility index (Phi) is 4.41. The zero-order valence-corrected chi connectivity index (χ0v) is 15.5. The maximum absolute atomic E-state index is 12.3. The average molecular weight is 373 g/mol. The number of rotatable bonds is 4. The van der Waals surface area contributed by atoms with E-state index in [0.717, 1.165) is 49.5 Å². The molecule has 0 aliphatic heterocycles. The Balaban J connectivity index is 1.80. The number of oxime groups is 1. The zero-order valence-electron chi connectivity index (χ0n) is 15.5. The van der Waals surface area contributed by atoms with Crippen molar-refractivity contribution >= 4 is 12.7 Å². The van der Waals surface area contributed by atoms with Gasteiger partial charge in [-0.25, -0.2) is 0 Å². The van der Waals surface area contributed by atoms with Gasteiger partial charge in [0.1, 0.15) is 18.6 Å². The third-order valence-electron chi connectivity index (χ3n) is 7.65. The number of phenolic OH excluding ortho intramolecular Hbond substituents is 1. The van der Waals surface area contributed by atoms with Crippen molar-refractivity contribution in [1.29, 1.82) is 0 Å². The third kappa shape index (κ3) is 2.64. The van der Waals surface area contributed by atoms with Crippen LogP contribution in [0.15, 0.2) is 23.4 Å². The van der Waals surface area contributed by atoms with Gasteiger partial charge in [-0.3, -0.25) is 0 Å². The van der Waals surface area contributed by atoms with Gasteiger partial charge in [-0.15, -0.1) is 0 Å². The topological polar surface area (TPSA) is 99.4 Å². The van der Waals surface area contributed by atoms with Gasteiger partial charge >= 0.3 is 0 Å². The monoisotopic (exact) mass is 373 g/mol. The minimum Gasteiger partial charge on any atom is -0.508 e. The highest BCUT2D eigenvalue weighted by atomic mass is 16.5. The number of aromatic hydroxyl groups is 1. The summed E-state index contributed by atoms with van der Waals surface area (Å²) in [6, 6.07) is 5.30. The van der Waals surface area contributed by atoms with Gasteiger partial charge in [0.15, 0.2) is 0 Å². The van der Waals surface area contributed by atoms with Gasteiger partial charge in [0.2, 0.25) is 6.40 Å². The minimum absolute atomic E-state index is 0.0617. The van der Waals surface area contributed by atoms with Gasteiger partial charge in [0, 0.05) is 0 Å². The number of hydrogen-bond acceptors (Lipinski definition) is 6. The van der Waals surface area contributed by atoms with Crippen LogP contribution in [0.2, 0.25) is 0 Å². The van der Waals surface area contributed by atoms with Gasteiger partial charge in [-0.05, 0) is 78.5 Å². The molecular formula is C21H27NO5. The maximum Gasteiger partial charge on any atom is 0.212 e. The molecule has 1 aromatic carbocycles. The first-order valence-corrected chi connectivity index (χ1v) is 9.70. The van der Waals surface area contributed by atoms with Crippen molar-refractivity contribution in [2.75, 3.05) is 6.61 Å². The molecule has 0 radical (unpaired) electrons. The van der Waals surface area contributed by atoms with Crippen LogP contribution in [-0.2, 0) is 14.9 Å². The lowest BCUT2D eigenvalue weighted by atomic mass is 9.51. The molecule has 1 aromatic rings. The molecule has 2 fully saturated rings. The molecule has 0 spiro atoms. The number of aliphatic hydroxyl groups excluding tert-OH is 1. The SMILES string of the molecule is C[C@]12CC[C@@H]3c4ccc(O)cc4C(C=O)(COC=NO)C[C@H]3[C@@H]1CC[C@H]2O. The lowest BCUT2D eigenvalue weighted by molar-refractivity contribution is -0.116. The van der Waals surface area contributed by atoms with Gasteiger partial charge in [-0.2, -0.15) is 0 Å². The summed E-state index contributed by atoms with van der Waals surface area (Å²) in [7, 11) is 0. The van der Waals surface area contributed by atoms with Crippen molar-refractivity contribution in [3.05, 3.63) is 29.3 Å². The quantitative estimate of drug-likeness (QED) is 0.248. The number of hydrogen-bond donors (Lipinski definition) is 3. The molecule has 6 atom stereocenters. The Morgan fingerprint density at radius 3 is 2.89 bits per heavy atom. The predicted molar refractivity (Wildman–Crippen MR) is 99.0 cm³/mol. The van der Waals surface area contributed by atoms with E-state index >= 15 is 0 Å². The Labute approximate surface area is 158 Å². The fourth-order valence-corrected chi connectivity index (χ4v) is 6.26. The Morgan fingerprint density at radius 2 is 2.15 bits per heavy atom. The standard InChI is InChI=1S/C21H27NO5/c1-20-7-6-14-15-3-2-13(24)8-18(15)21(10-23,11-27-12-22-26)9-16(14)17(20)4-5-19(20)25/h2-3,8,10,12,14,16-17,19,24-26H,4-7,9,11H2,1H3/t14-,16-,17+,19-,20+,21?/m1/s1.